The van der Waals surface area contributed by atoms with Crippen LogP contribution in [0.4, 0.5) is 17.3 Å². The molecule has 1 aliphatic heterocycles. The maximum Gasteiger partial charge on any atom is 0.296 e. The summed E-state index contributed by atoms with van der Waals surface area (Å²) in [5.74, 6) is 10.7. The maximum atomic E-state index is 12.1. The Labute approximate surface area is 199 Å². The van der Waals surface area contributed by atoms with Gasteiger partial charge in [-0.2, -0.15) is 0 Å². The Morgan fingerprint density at radius 1 is 1.21 bits per heavy atom. The van der Waals surface area contributed by atoms with Gasteiger partial charge in [0.25, 0.3) is 11.8 Å². The Morgan fingerprint density at radius 3 is 2.71 bits per heavy atom. The third kappa shape index (κ3) is 6.96. The summed E-state index contributed by atoms with van der Waals surface area (Å²) in [6.07, 6.45) is 2.35. The number of anilines is 3. The average Bonchev–Trinajstić information content (AvgIpc) is 2.83. The van der Waals surface area contributed by atoms with Gasteiger partial charge in [0.2, 0.25) is 0 Å². The van der Waals surface area contributed by atoms with Gasteiger partial charge in [-0.25, -0.2) is 9.97 Å². The lowest BCUT2D eigenvalue weighted by Crippen LogP contribution is -2.29. The number of nitrogens with one attached hydrogen (secondary N) is 3. The van der Waals surface area contributed by atoms with E-state index in [0.29, 0.717) is 36.8 Å². The van der Waals surface area contributed by atoms with E-state index in [1.165, 1.54) is 0 Å². The minimum atomic E-state index is -0.663. The number of aryl methyl sites for hydroxylation is 1. The number of carbonyl (C=O) groups is 2. The van der Waals surface area contributed by atoms with Crippen molar-refractivity contribution in [1.29, 1.82) is 0 Å². The fourth-order valence-electron chi connectivity index (χ4n) is 3.37. The van der Waals surface area contributed by atoms with E-state index in [2.05, 4.69) is 49.6 Å². The molecular weight excluding hydrogens is 432 g/mol. The van der Waals surface area contributed by atoms with Crippen molar-refractivity contribution in [3.8, 4) is 23.7 Å². The van der Waals surface area contributed by atoms with Crippen molar-refractivity contribution < 1.29 is 14.3 Å². The number of amides is 2. The molecule has 2 heterocycles. The zero-order valence-electron chi connectivity index (χ0n) is 19.3. The standard InChI is InChI=1S/C25H28N6O3/c1-3-7-21(32)27-13-6-9-17-8-5-10-19(16-17)29-25-22(23(26)33)30-20(4-2)24(31-25)28-18-11-14-34-15-12-18/h5,8,10,16,18H,4,11-15H2,1-2H3,(H2,26,33)(H,27,32)(H2,28,29,31). The van der Waals surface area contributed by atoms with E-state index in [0.717, 1.165) is 18.4 Å². The minimum absolute atomic E-state index is 0.0746. The quantitative estimate of drug-likeness (QED) is 0.465. The number of ether oxygens (including phenoxy) is 1. The van der Waals surface area contributed by atoms with Crippen LogP contribution in [-0.4, -0.2) is 47.6 Å². The predicted octanol–water partition coefficient (Wildman–Crippen LogP) is 1.96. The van der Waals surface area contributed by atoms with Gasteiger partial charge in [0, 0.05) is 30.5 Å². The van der Waals surface area contributed by atoms with Crippen molar-refractivity contribution in [2.45, 2.75) is 39.2 Å². The molecule has 176 valence electrons. The second-order valence-electron chi connectivity index (χ2n) is 7.53. The highest BCUT2D eigenvalue weighted by atomic mass is 16.5. The molecule has 0 atom stereocenters. The van der Waals surface area contributed by atoms with E-state index in [1.54, 1.807) is 6.92 Å². The molecule has 0 spiro atoms. The van der Waals surface area contributed by atoms with Gasteiger partial charge in [0.15, 0.2) is 17.3 Å². The van der Waals surface area contributed by atoms with Gasteiger partial charge in [-0.1, -0.05) is 30.8 Å². The zero-order valence-corrected chi connectivity index (χ0v) is 19.3. The summed E-state index contributed by atoms with van der Waals surface area (Å²) >= 11 is 0. The number of carbonyl (C=O) groups excluding carboxylic acids is 2. The molecule has 1 aromatic carbocycles. The van der Waals surface area contributed by atoms with Crippen molar-refractivity contribution in [3.63, 3.8) is 0 Å². The molecule has 34 heavy (non-hydrogen) atoms. The molecule has 9 nitrogen and oxygen atoms in total. The lowest BCUT2D eigenvalue weighted by molar-refractivity contribution is -0.115. The summed E-state index contributed by atoms with van der Waals surface area (Å²) in [7, 11) is 0. The largest absolute Gasteiger partial charge is 0.381 e. The van der Waals surface area contributed by atoms with E-state index in [9.17, 15) is 9.59 Å². The number of rotatable bonds is 7. The Morgan fingerprint density at radius 2 is 2.00 bits per heavy atom. The number of nitrogens with two attached hydrogens (primary N) is 1. The van der Waals surface area contributed by atoms with Gasteiger partial charge in [-0.05, 0) is 50.3 Å². The van der Waals surface area contributed by atoms with Crippen molar-refractivity contribution in [1.82, 2.24) is 15.3 Å². The number of primary amides is 1. The summed E-state index contributed by atoms with van der Waals surface area (Å²) in [4.78, 5) is 32.6. The maximum absolute atomic E-state index is 12.1. The first-order valence-corrected chi connectivity index (χ1v) is 11.1. The molecule has 2 aromatic rings. The number of hydrogen-bond acceptors (Lipinski definition) is 7. The molecule has 0 aliphatic carbocycles. The van der Waals surface area contributed by atoms with Gasteiger partial charge < -0.3 is 26.4 Å². The van der Waals surface area contributed by atoms with Crippen LogP contribution in [0.25, 0.3) is 0 Å². The zero-order chi connectivity index (χ0) is 24.3. The molecule has 2 amide bonds. The molecule has 0 unspecified atom stereocenters. The van der Waals surface area contributed by atoms with E-state index < -0.39 is 5.91 Å². The van der Waals surface area contributed by atoms with Crippen molar-refractivity contribution >= 4 is 29.1 Å². The van der Waals surface area contributed by atoms with Crippen LogP contribution < -0.4 is 21.7 Å². The van der Waals surface area contributed by atoms with Crippen LogP contribution in [0, 0.1) is 23.7 Å². The molecule has 1 saturated heterocycles. The summed E-state index contributed by atoms with van der Waals surface area (Å²) < 4.78 is 5.43. The highest BCUT2D eigenvalue weighted by Crippen LogP contribution is 2.24. The molecular formula is C25H28N6O3. The predicted molar refractivity (Wildman–Crippen MR) is 130 cm³/mol. The number of benzene rings is 1. The first-order valence-electron chi connectivity index (χ1n) is 11.1. The lowest BCUT2D eigenvalue weighted by Gasteiger charge is -2.25. The van der Waals surface area contributed by atoms with Gasteiger partial charge in [-0.3, -0.25) is 9.59 Å². The number of nitrogens with zero attached hydrogens (tertiary/aromatic N) is 2. The number of aromatic nitrogens is 2. The first-order chi connectivity index (χ1) is 16.5. The molecule has 9 heteroatoms. The smallest absolute Gasteiger partial charge is 0.296 e. The SMILES string of the molecule is CC#CC(=O)NCC#Cc1cccc(Nc2nc(NC3CCOCC3)c(CC)nc2C(N)=O)c1. The molecule has 3 rings (SSSR count). The summed E-state index contributed by atoms with van der Waals surface area (Å²) in [6.45, 7) is 5.12. The van der Waals surface area contributed by atoms with Gasteiger partial charge in [-0.15, -0.1) is 0 Å². The monoisotopic (exact) mass is 460 g/mol. The topological polar surface area (TPSA) is 131 Å². The Balaban J connectivity index is 1.81. The fourth-order valence-corrected chi connectivity index (χ4v) is 3.37. The highest BCUT2D eigenvalue weighted by molar-refractivity contribution is 5.96. The van der Waals surface area contributed by atoms with E-state index in [-0.39, 0.29) is 30.0 Å². The third-order valence-corrected chi connectivity index (χ3v) is 5.03. The van der Waals surface area contributed by atoms with Crippen molar-refractivity contribution in [3.05, 3.63) is 41.2 Å². The van der Waals surface area contributed by atoms with Crippen molar-refractivity contribution in [2.24, 2.45) is 5.73 Å². The minimum Gasteiger partial charge on any atom is -0.381 e. The van der Waals surface area contributed by atoms with Crippen LogP contribution in [0.3, 0.4) is 0 Å². The molecule has 5 N–H and O–H groups in total. The Bertz CT molecular complexity index is 1170. The van der Waals surface area contributed by atoms with Crippen LogP contribution in [0.2, 0.25) is 0 Å². The normalized spacial score (nSPS) is 13.0. The summed E-state index contributed by atoms with van der Waals surface area (Å²) in [5.41, 5.74) is 7.75. The molecule has 1 aromatic heterocycles. The molecule has 1 aliphatic rings. The van der Waals surface area contributed by atoms with Crippen LogP contribution in [0.5, 0.6) is 0 Å². The van der Waals surface area contributed by atoms with Gasteiger partial charge >= 0.3 is 0 Å². The van der Waals surface area contributed by atoms with Gasteiger partial charge in [0.05, 0.1) is 12.2 Å². The lowest BCUT2D eigenvalue weighted by atomic mass is 10.1. The summed E-state index contributed by atoms with van der Waals surface area (Å²) in [6, 6.07) is 7.53. The van der Waals surface area contributed by atoms with E-state index in [1.807, 2.05) is 31.2 Å². The van der Waals surface area contributed by atoms with Crippen LogP contribution in [0.1, 0.15) is 48.4 Å². The second kappa shape index (κ2) is 12.2. The van der Waals surface area contributed by atoms with Crippen LogP contribution >= 0.6 is 0 Å². The Kier molecular flexibility index (Phi) is 8.84. The molecule has 0 saturated carbocycles. The molecule has 0 bridgehead atoms. The first kappa shape index (κ1) is 24.6. The second-order valence-corrected chi connectivity index (χ2v) is 7.53. The number of hydrogen-bond donors (Lipinski definition) is 4. The average molecular weight is 461 g/mol. The van der Waals surface area contributed by atoms with Crippen molar-refractivity contribution in [2.75, 3.05) is 30.4 Å². The molecule has 0 radical (unpaired) electrons. The Hall–Kier alpha value is -4.08. The van der Waals surface area contributed by atoms with E-state index >= 15 is 0 Å². The highest BCUT2D eigenvalue weighted by Gasteiger charge is 2.20. The third-order valence-electron chi connectivity index (χ3n) is 5.03. The fraction of sp³-hybridized carbons (Fsp3) is 0.360. The van der Waals surface area contributed by atoms with Crippen LogP contribution in [0.15, 0.2) is 24.3 Å². The summed E-state index contributed by atoms with van der Waals surface area (Å²) in [5, 5.41) is 9.19. The van der Waals surface area contributed by atoms with E-state index in [4.69, 9.17) is 10.5 Å². The van der Waals surface area contributed by atoms with Crippen LogP contribution in [-0.2, 0) is 16.0 Å². The van der Waals surface area contributed by atoms with Gasteiger partial charge in [0.1, 0.15) is 0 Å². The molecule has 1 fully saturated rings.